The molecule has 0 fully saturated rings. The van der Waals surface area contributed by atoms with E-state index in [4.69, 9.17) is 16.3 Å². The highest BCUT2D eigenvalue weighted by Crippen LogP contribution is 2.25. The molecule has 0 amide bonds. The SMILES string of the molecule is COC(=O)c1ccc(CNCc2nccc(OC)c2Cl)cn1. The molecule has 0 radical (unpaired) electrons. The Balaban J connectivity index is 1.93. The number of hydrogen-bond acceptors (Lipinski definition) is 6. The topological polar surface area (TPSA) is 73.3 Å². The van der Waals surface area contributed by atoms with Crippen LogP contribution in [0.5, 0.6) is 5.75 Å². The van der Waals surface area contributed by atoms with Crippen molar-refractivity contribution in [2.24, 2.45) is 0 Å². The third-order valence-electron chi connectivity index (χ3n) is 2.99. The zero-order valence-electron chi connectivity index (χ0n) is 12.3. The summed E-state index contributed by atoms with van der Waals surface area (Å²) in [5, 5.41) is 3.71. The Hall–Kier alpha value is -2.18. The fraction of sp³-hybridized carbons (Fsp3) is 0.267. The first-order chi connectivity index (χ1) is 10.7. The second kappa shape index (κ2) is 7.72. The van der Waals surface area contributed by atoms with Crippen LogP contribution >= 0.6 is 11.6 Å². The Labute approximate surface area is 133 Å². The molecule has 0 aromatic carbocycles. The van der Waals surface area contributed by atoms with E-state index in [1.54, 1.807) is 31.6 Å². The van der Waals surface area contributed by atoms with Crippen LogP contribution in [0.4, 0.5) is 0 Å². The molecule has 0 saturated carbocycles. The van der Waals surface area contributed by atoms with Gasteiger partial charge >= 0.3 is 5.97 Å². The first-order valence-electron chi connectivity index (χ1n) is 6.57. The Morgan fingerprint density at radius 1 is 1.23 bits per heavy atom. The quantitative estimate of drug-likeness (QED) is 0.822. The van der Waals surface area contributed by atoms with Gasteiger partial charge in [-0.15, -0.1) is 0 Å². The van der Waals surface area contributed by atoms with E-state index in [1.807, 2.05) is 6.07 Å². The average molecular weight is 322 g/mol. The van der Waals surface area contributed by atoms with Crippen LogP contribution in [0.3, 0.4) is 0 Å². The predicted octanol–water partition coefficient (Wildman–Crippen LogP) is 2.21. The maximum Gasteiger partial charge on any atom is 0.356 e. The summed E-state index contributed by atoms with van der Waals surface area (Å²) in [6.07, 6.45) is 3.27. The summed E-state index contributed by atoms with van der Waals surface area (Å²) in [5.41, 5.74) is 1.93. The van der Waals surface area contributed by atoms with E-state index < -0.39 is 5.97 Å². The largest absolute Gasteiger partial charge is 0.495 e. The highest BCUT2D eigenvalue weighted by molar-refractivity contribution is 6.32. The van der Waals surface area contributed by atoms with Crippen LogP contribution in [-0.4, -0.2) is 30.2 Å². The lowest BCUT2D eigenvalue weighted by Gasteiger charge is -2.09. The third kappa shape index (κ3) is 3.93. The van der Waals surface area contributed by atoms with Gasteiger partial charge in [-0.3, -0.25) is 4.98 Å². The van der Waals surface area contributed by atoms with Crippen molar-refractivity contribution in [3.05, 3.63) is 52.6 Å². The lowest BCUT2D eigenvalue weighted by atomic mass is 10.2. The van der Waals surface area contributed by atoms with Gasteiger partial charge in [-0.25, -0.2) is 9.78 Å². The van der Waals surface area contributed by atoms with E-state index in [9.17, 15) is 4.79 Å². The number of aromatic nitrogens is 2. The number of rotatable bonds is 6. The number of nitrogens with zero attached hydrogens (tertiary/aromatic N) is 2. The molecule has 0 aliphatic rings. The van der Waals surface area contributed by atoms with Crippen LogP contribution in [0.2, 0.25) is 5.02 Å². The van der Waals surface area contributed by atoms with Crippen LogP contribution in [-0.2, 0) is 17.8 Å². The number of esters is 1. The van der Waals surface area contributed by atoms with Crippen molar-refractivity contribution in [2.45, 2.75) is 13.1 Å². The zero-order valence-corrected chi connectivity index (χ0v) is 13.1. The van der Waals surface area contributed by atoms with E-state index in [0.717, 1.165) is 5.56 Å². The van der Waals surface area contributed by atoms with Crippen LogP contribution in [0.15, 0.2) is 30.6 Å². The Bertz CT molecular complexity index is 647. The van der Waals surface area contributed by atoms with E-state index in [1.165, 1.54) is 7.11 Å². The summed E-state index contributed by atoms with van der Waals surface area (Å²) >= 11 is 6.17. The van der Waals surface area contributed by atoms with Gasteiger partial charge in [0.1, 0.15) is 16.5 Å². The lowest BCUT2D eigenvalue weighted by Crippen LogP contribution is -2.15. The summed E-state index contributed by atoms with van der Waals surface area (Å²) in [7, 11) is 2.89. The molecule has 1 N–H and O–H groups in total. The molecule has 7 heteroatoms. The second-order valence-electron chi connectivity index (χ2n) is 4.42. The van der Waals surface area contributed by atoms with Crippen molar-refractivity contribution < 1.29 is 14.3 Å². The first kappa shape index (κ1) is 16.2. The van der Waals surface area contributed by atoms with Crippen molar-refractivity contribution in [1.29, 1.82) is 0 Å². The fourth-order valence-electron chi connectivity index (χ4n) is 1.83. The average Bonchev–Trinajstić information content (AvgIpc) is 2.56. The van der Waals surface area contributed by atoms with Crippen molar-refractivity contribution in [2.75, 3.05) is 14.2 Å². The molecule has 2 aromatic heterocycles. The minimum atomic E-state index is -0.452. The highest BCUT2D eigenvalue weighted by Gasteiger charge is 2.08. The molecule has 2 rings (SSSR count). The van der Waals surface area contributed by atoms with E-state index in [-0.39, 0.29) is 5.69 Å². The predicted molar refractivity (Wildman–Crippen MR) is 81.9 cm³/mol. The van der Waals surface area contributed by atoms with Gasteiger partial charge < -0.3 is 14.8 Å². The fourth-order valence-corrected chi connectivity index (χ4v) is 2.08. The Kier molecular flexibility index (Phi) is 5.68. The van der Waals surface area contributed by atoms with Crippen molar-refractivity contribution in [3.8, 4) is 5.75 Å². The minimum Gasteiger partial charge on any atom is -0.495 e. The number of ether oxygens (including phenoxy) is 2. The molecule has 0 aliphatic carbocycles. The highest BCUT2D eigenvalue weighted by atomic mass is 35.5. The van der Waals surface area contributed by atoms with E-state index in [0.29, 0.717) is 29.6 Å². The summed E-state index contributed by atoms with van der Waals surface area (Å²) in [4.78, 5) is 19.5. The molecule has 22 heavy (non-hydrogen) atoms. The number of carbonyl (C=O) groups is 1. The molecule has 0 spiro atoms. The van der Waals surface area contributed by atoms with Gasteiger partial charge in [0.25, 0.3) is 0 Å². The van der Waals surface area contributed by atoms with E-state index in [2.05, 4.69) is 20.0 Å². The molecule has 6 nitrogen and oxygen atoms in total. The number of nitrogens with one attached hydrogen (secondary N) is 1. The Morgan fingerprint density at radius 3 is 2.68 bits per heavy atom. The number of methoxy groups -OCH3 is 2. The minimum absolute atomic E-state index is 0.281. The van der Waals surface area contributed by atoms with Crippen molar-refractivity contribution in [3.63, 3.8) is 0 Å². The molecule has 116 valence electrons. The molecule has 0 saturated heterocycles. The molecule has 2 aromatic rings. The summed E-state index contributed by atoms with van der Waals surface area (Å²) in [6, 6.07) is 5.15. The van der Waals surface area contributed by atoms with Gasteiger partial charge in [-0.1, -0.05) is 17.7 Å². The van der Waals surface area contributed by atoms with Crippen molar-refractivity contribution >= 4 is 17.6 Å². The molecule has 0 bridgehead atoms. The monoisotopic (exact) mass is 321 g/mol. The van der Waals surface area contributed by atoms with Gasteiger partial charge in [-0.2, -0.15) is 0 Å². The van der Waals surface area contributed by atoms with E-state index >= 15 is 0 Å². The van der Waals surface area contributed by atoms with Gasteiger partial charge in [0.05, 0.1) is 19.9 Å². The van der Waals surface area contributed by atoms with Gasteiger partial charge in [-0.05, 0) is 11.6 Å². The number of carbonyl (C=O) groups excluding carboxylic acids is 1. The normalized spacial score (nSPS) is 10.3. The summed E-state index contributed by atoms with van der Waals surface area (Å²) in [6.45, 7) is 1.07. The standard InChI is InChI=1S/C15H16ClN3O3/c1-21-13-5-6-18-12(14(13)16)9-17-7-10-3-4-11(19-8-10)15(20)22-2/h3-6,8,17H,7,9H2,1-2H3. The Morgan fingerprint density at radius 2 is 2.05 bits per heavy atom. The number of hydrogen-bond donors (Lipinski definition) is 1. The molecule has 0 aliphatic heterocycles. The molecule has 0 atom stereocenters. The molecule has 0 unspecified atom stereocenters. The van der Waals surface area contributed by atoms with Crippen LogP contribution in [0.1, 0.15) is 21.7 Å². The molecular formula is C15H16ClN3O3. The van der Waals surface area contributed by atoms with Gasteiger partial charge in [0.15, 0.2) is 0 Å². The number of halogens is 1. The number of pyridine rings is 2. The second-order valence-corrected chi connectivity index (χ2v) is 4.80. The maximum atomic E-state index is 11.3. The first-order valence-corrected chi connectivity index (χ1v) is 6.95. The van der Waals surface area contributed by atoms with Crippen LogP contribution < -0.4 is 10.1 Å². The van der Waals surface area contributed by atoms with Gasteiger partial charge in [0.2, 0.25) is 0 Å². The third-order valence-corrected chi connectivity index (χ3v) is 3.39. The van der Waals surface area contributed by atoms with Crippen LogP contribution in [0, 0.1) is 0 Å². The molecular weight excluding hydrogens is 306 g/mol. The molecule has 2 heterocycles. The summed E-state index contributed by atoms with van der Waals surface area (Å²) < 4.78 is 9.74. The smallest absolute Gasteiger partial charge is 0.356 e. The zero-order chi connectivity index (χ0) is 15.9. The maximum absolute atomic E-state index is 11.3. The van der Waals surface area contributed by atoms with Crippen LogP contribution in [0.25, 0.3) is 0 Å². The summed E-state index contributed by atoms with van der Waals surface area (Å²) in [5.74, 6) is 0.143. The van der Waals surface area contributed by atoms with Crippen molar-refractivity contribution in [1.82, 2.24) is 15.3 Å². The lowest BCUT2D eigenvalue weighted by molar-refractivity contribution is 0.0594. The van der Waals surface area contributed by atoms with Gasteiger partial charge in [0, 0.05) is 31.5 Å².